The van der Waals surface area contributed by atoms with Gasteiger partial charge in [-0.25, -0.2) is 14.5 Å². The number of pyridine rings is 1. The van der Waals surface area contributed by atoms with Gasteiger partial charge >= 0.3 is 0 Å². The number of benzene rings is 1. The third-order valence-electron chi connectivity index (χ3n) is 6.19. The summed E-state index contributed by atoms with van der Waals surface area (Å²) in [6.45, 7) is 1.91. The van der Waals surface area contributed by atoms with Gasteiger partial charge in [-0.2, -0.15) is 5.10 Å². The number of nitrogens with zero attached hydrogens (tertiary/aromatic N) is 6. The van der Waals surface area contributed by atoms with Crippen LogP contribution in [0, 0.1) is 0 Å². The lowest BCUT2D eigenvalue weighted by Crippen LogP contribution is -2.31. The second kappa shape index (κ2) is 8.59. The van der Waals surface area contributed by atoms with Crippen LogP contribution in [0.4, 0.5) is 23.0 Å². The molecule has 9 heteroatoms. The van der Waals surface area contributed by atoms with Crippen molar-refractivity contribution in [3.63, 3.8) is 0 Å². The second-order valence-corrected chi connectivity index (χ2v) is 8.44. The maximum Gasteiger partial charge on any atom is 0.227 e. The number of hydrogen-bond donors (Lipinski definition) is 2. The summed E-state index contributed by atoms with van der Waals surface area (Å²) in [6, 6.07) is 12.2. The Morgan fingerprint density at radius 3 is 2.88 bits per heavy atom. The molecule has 9 nitrogen and oxygen atoms in total. The van der Waals surface area contributed by atoms with Crippen LogP contribution in [0.15, 0.2) is 55.0 Å². The van der Waals surface area contributed by atoms with E-state index in [2.05, 4.69) is 39.3 Å². The largest absolute Gasteiger partial charge is 0.494 e. The number of ether oxygens (including phenoxy) is 1. The maximum atomic E-state index is 6.47. The lowest BCUT2D eigenvalue weighted by atomic mass is 10.2. The minimum atomic E-state index is 0.460. The molecule has 0 radical (unpaired) electrons. The van der Waals surface area contributed by atoms with Crippen molar-refractivity contribution in [2.24, 2.45) is 0 Å². The molecule has 1 aliphatic heterocycles. The molecule has 1 atom stereocenters. The van der Waals surface area contributed by atoms with Crippen LogP contribution in [0.2, 0.25) is 0 Å². The van der Waals surface area contributed by atoms with E-state index in [4.69, 9.17) is 15.5 Å². The molecule has 0 unspecified atom stereocenters. The number of aromatic nitrogens is 4. The van der Waals surface area contributed by atoms with E-state index in [9.17, 15) is 0 Å². The summed E-state index contributed by atoms with van der Waals surface area (Å²) >= 11 is 0. The molecule has 0 spiro atoms. The molecule has 1 saturated heterocycles. The third kappa shape index (κ3) is 4.03. The predicted molar refractivity (Wildman–Crippen MR) is 131 cm³/mol. The highest BCUT2D eigenvalue weighted by atomic mass is 16.5. The van der Waals surface area contributed by atoms with E-state index in [1.165, 1.54) is 0 Å². The quantitative estimate of drug-likeness (QED) is 0.438. The molecule has 3 aromatic heterocycles. The average molecular weight is 445 g/mol. The van der Waals surface area contributed by atoms with E-state index in [-0.39, 0.29) is 0 Å². The standard InChI is InChI=1S/C24H28N8O/c1-30(2)16-8-11-31(15-16)22-13-23(33-3)20(12-18(22)25)29-24-26-9-7-19(28-24)17-14-27-32-10-5-4-6-21(17)32/h4-7,9-10,12-14,16H,8,11,15,25H2,1-3H3,(H,26,28,29)/t16-/m1/s1. The fraction of sp³-hybridized carbons (Fsp3) is 0.292. The van der Waals surface area contributed by atoms with Gasteiger partial charge in [-0.15, -0.1) is 0 Å². The van der Waals surface area contributed by atoms with Crippen molar-refractivity contribution in [3.05, 3.63) is 55.0 Å². The Morgan fingerprint density at radius 2 is 2.09 bits per heavy atom. The lowest BCUT2D eigenvalue weighted by Gasteiger charge is -2.24. The van der Waals surface area contributed by atoms with Crippen molar-refractivity contribution >= 4 is 28.5 Å². The van der Waals surface area contributed by atoms with E-state index >= 15 is 0 Å². The summed E-state index contributed by atoms with van der Waals surface area (Å²) in [7, 11) is 5.89. The number of nitrogens with two attached hydrogens (primary N) is 1. The van der Waals surface area contributed by atoms with E-state index in [0.29, 0.717) is 23.4 Å². The SMILES string of the molecule is COc1cc(N2CC[C@@H](N(C)C)C2)c(N)cc1Nc1nccc(-c2cnn3ccccc23)n1. The first-order valence-electron chi connectivity index (χ1n) is 10.9. The monoisotopic (exact) mass is 444 g/mol. The number of nitrogens with one attached hydrogen (secondary N) is 1. The Bertz CT molecular complexity index is 1280. The van der Waals surface area contributed by atoms with E-state index < -0.39 is 0 Å². The zero-order chi connectivity index (χ0) is 22.9. The topological polar surface area (TPSA) is 96.8 Å². The minimum Gasteiger partial charge on any atom is -0.494 e. The number of nitrogen functional groups attached to an aromatic ring is 1. The van der Waals surface area contributed by atoms with Crippen molar-refractivity contribution in [1.82, 2.24) is 24.5 Å². The normalized spacial score (nSPS) is 16.0. The van der Waals surface area contributed by atoms with Crippen LogP contribution < -0.4 is 20.7 Å². The Kier molecular flexibility index (Phi) is 5.47. The van der Waals surface area contributed by atoms with E-state index in [1.54, 1.807) is 13.3 Å². The summed E-state index contributed by atoms with van der Waals surface area (Å²) in [4.78, 5) is 13.7. The molecule has 4 heterocycles. The highest BCUT2D eigenvalue weighted by Gasteiger charge is 2.26. The van der Waals surface area contributed by atoms with Gasteiger partial charge in [-0.1, -0.05) is 6.07 Å². The number of likely N-dealkylation sites (N-methyl/N-ethyl adjacent to an activating group) is 1. The number of anilines is 4. The predicted octanol–water partition coefficient (Wildman–Crippen LogP) is 3.27. The van der Waals surface area contributed by atoms with Crippen molar-refractivity contribution in [2.75, 3.05) is 50.2 Å². The Labute approximate surface area is 192 Å². The summed E-state index contributed by atoms with van der Waals surface area (Å²) < 4.78 is 7.51. The van der Waals surface area contributed by atoms with Crippen LogP contribution in [-0.2, 0) is 0 Å². The third-order valence-corrected chi connectivity index (χ3v) is 6.19. The van der Waals surface area contributed by atoms with Gasteiger partial charge in [0.05, 0.1) is 41.6 Å². The van der Waals surface area contributed by atoms with Gasteiger partial charge in [0.25, 0.3) is 0 Å². The van der Waals surface area contributed by atoms with Gasteiger partial charge in [-0.3, -0.25) is 0 Å². The Balaban J connectivity index is 1.43. The first-order valence-corrected chi connectivity index (χ1v) is 10.9. The summed E-state index contributed by atoms with van der Waals surface area (Å²) in [5.41, 5.74) is 11.6. The van der Waals surface area contributed by atoms with Gasteiger partial charge in [-0.05, 0) is 44.8 Å². The fourth-order valence-electron chi connectivity index (χ4n) is 4.33. The van der Waals surface area contributed by atoms with Gasteiger partial charge in [0.15, 0.2) is 0 Å². The molecule has 4 aromatic rings. The van der Waals surface area contributed by atoms with E-state index in [1.807, 2.05) is 53.3 Å². The molecule has 0 amide bonds. The second-order valence-electron chi connectivity index (χ2n) is 8.44. The molecule has 1 aromatic carbocycles. The lowest BCUT2D eigenvalue weighted by molar-refractivity contribution is 0.315. The molecule has 0 saturated carbocycles. The Hall–Kier alpha value is -3.85. The van der Waals surface area contributed by atoms with Crippen LogP contribution in [-0.4, -0.2) is 64.8 Å². The first-order chi connectivity index (χ1) is 16.0. The molecule has 5 rings (SSSR count). The Morgan fingerprint density at radius 1 is 1.21 bits per heavy atom. The zero-order valence-corrected chi connectivity index (χ0v) is 19.1. The molecular formula is C24H28N8O. The maximum absolute atomic E-state index is 6.47. The van der Waals surface area contributed by atoms with Crippen molar-refractivity contribution in [2.45, 2.75) is 12.5 Å². The van der Waals surface area contributed by atoms with Gasteiger partial charge in [0, 0.05) is 43.2 Å². The molecule has 33 heavy (non-hydrogen) atoms. The summed E-state index contributed by atoms with van der Waals surface area (Å²) in [5, 5.41) is 7.68. The molecule has 1 fully saturated rings. The number of methoxy groups -OCH3 is 1. The highest BCUT2D eigenvalue weighted by molar-refractivity contribution is 5.81. The van der Waals surface area contributed by atoms with Crippen LogP contribution in [0.1, 0.15) is 6.42 Å². The smallest absolute Gasteiger partial charge is 0.227 e. The molecule has 170 valence electrons. The van der Waals surface area contributed by atoms with Crippen LogP contribution in [0.3, 0.4) is 0 Å². The van der Waals surface area contributed by atoms with Crippen molar-refractivity contribution < 1.29 is 4.74 Å². The molecule has 3 N–H and O–H groups in total. The highest BCUT2D eigenvalue weighted by Crippen LogP contribution is 2.38. The van der Waals surface area contributed by atoms with Crippen LogP contribution >= 0.6 is 0 Å². The number of fused-ring (bicyclic) bond motifs is 1. The fourth-order valence-corrected chi connectivity index (χ4v) is 4.33. The molecule has 0 aliphatic carbocycles. The minimum absolute atomic E-state index is 0.460. The number of hydrogen-bond acceptors (Lipinski definition) is 8. The molecular weight excluding hydrogens is 416 g/mol. The molecule has 0 bridgehead atoms. The summed E-state index contributed by atoms with van der Waals surface area (Å²) in [6.07, 6.45) is 6.56. The zero-order valence-electron chi connectivity index (χ0n) is 19.1. The van der Waals surface area contributed by atoms with Crippen molar-refractivity contribution in [1.29, 1.82) is 0 Å². The van der Waals surface area contributed by atoms with Gasteiger partial charge in [0.1, 0.15) is 5.75 Å². The summed E-state index contributed by atoms with van der Waals surface area (Å²) in [5.74, 6) is 1.15. The van der Waals surface area contributed by atoms with E-state index in [0.717, 1.165) is 47.7 Å². The molecule has 1 aliphatic rings. The average Bonchev–Trinajstić information content (AvgIpc) is 3.47. The van der Waals surface area contributed by atoms with Crippen LogP contribution in [0.5, 0.6) is 5.75 Å². The van der Waals surface area contributed by atoms with Crippen LogP contribution in [0.25, 0.3) is 16.8 Å². The number of rotatable bonds is 6. The first kappa shape index (κ1) is 21.0. The van der Waals surface area contributed by atoms with Gasteiger partial charge < -0.3 is 25.6 Å². The van der Waals surface area contributed by atoms with Gasteiger partial charge in [0.2, 0.25) is 5.95 Å². The van der Waals surface area contributed by atoms with Crippen molar-refractivity contribution in [3.8, 4) is 17.0 Å².